The standard InChI is InChI=1S/C20H25N3O3/c1-4-17-18-11-6-14(3)22(18)12-13-23(17)20(25)21-16-9-7-15(8-10-16)19(24)26-5-2/h6-11,17H,4-5,12-13H2,1-3H3,(H,21,25)/t17-/m0/s1. The first-order valence-electron chi connectivity index (χ1n) is 9.06. The molecular formula is C20H25N3O3. The number of hydrogen-bond donors (Lipinski definition) is 1. The number of nitrogens with one attached hydrogen (secondary N) is 1. The Balaban J connectivity index is 1.71. The summed E-state index contributed by atoms with van der Waals surface area (Å²) in [5, 5.41) is 2.94. The maximum atomic E-state index is 12.8. The maximum Gasteiger partial charge on any atom is 0.338 e. The summed E-state index contributed by atoms with van der Waals surface area (Å²) in [7, 11) is 0. The number of rotatable bonds is 4. The van der Waals surface area contributed by atoms with Crippen LogP contribution in [0.15, 0.2) is 36.4 Å². The molecule has 0 radical (unpaired) electrons. The van der Waals surface area contributed by atoms with Gasteiger partial charge in [-0.15, -0.1) is 0 Å². The lowest BCUT2D eigenvalue weighted by molar-refractivity contribution is 0.0526. The Morgan fingerprint density at radius 2 is 1.85 bits per heavy atom. The summed E-state index contributed by atoms with van der Waals surface area (Å²) in [5.41, 5.74) is 3.55. The van der Waals surface area contributed by atoms with Crippen LogP contribution >= 0.6 is 0 Å². The van der Waals surface area contributed by atoms with Gasteiger partial charge in [-0.3, -0.25) is 0 Å². The zero-order valence-corrected chi connectivity index (χ0v) is 15.5. The van der Waals surface area contributed by atoms with Crippen LogP contribution in [0, 0.1) is 6.92 Å². The van der Waals surface area contributed by atoms with Crippen LogP contribution in [0.5, 0.6) is 0 Å². The summed E-state index contributed by atoms with van der Waals surface area (Å²) in [6.45, 7) is 7.78. The van der Waals surface area contributed by atoms with E-state index in [0.717, 1.165) is 13.0 Å². The summed E-state index contributed by atoms with van der Waals surface area (Å²) in [5.74, 6) is -0.358. The molecule has 2 amide bonds. The number of ether oxygens (including phenoxy) is 1. The topological polar surface area (TPSA) is 63.6 Å². The van der Waals surface area contributed by atoms with Gasteiger partial charge in [0, 0.05) is 30.2 Å². The molecule has 3 rings (SSSR count). The monoisotopic (exact) mass is 355 g/mol. The Morgan fingerprint density at radius 1 is 1.12 bits per heavy atom. The van der Waals surface area contributed by atoms with Gasteiger partial charge >= 0.3 is 12.0 Å². The van der Waals surface area contributed by atoms with Crippen molar-refractivity contribution in [1.29, 1.82) is 0 Å². The van der Waals surface area contributed by atoms with E-state index in [-0.39, 0.29) is 18.0 Å². The highest BCUT2D eigenvalue weighted by Crippen LogP contribution is 2.30. The van der Waals surface area contributed by atoms with E-state index < -0.39 is 0 Å². The molecule has 138 valence electrons. The van der Waals surface area contributed by atoms with Crippen molar-refractivity contribution in [2.24, 2.45) is 0 Å². The lowest BCUT2D eigenvalue weighted by Crippen LogP contribution is -2.44. The van der Waals surface area contributed by atoms with Crippen LogP contribution in [0.3, 0.4) is 0 Å². The number of benzene rings is 1. The zero-order chi connectivity index (χ0) is 18.7. The average molecular weight is 355 g/mol. The van der Waals surface area contributed by atoms with E-state index in [1.54, 1.807) is 31.2 Å². The molecule has 2 heterocycles. The number of hydrogen-bond acceptors (Lipinski definition) is 3. The zero-order valence-electron chi connectivity index (χ0n) is 15.5. The first-order chi connectivity index (χ1) is 12.5. The Bertz CT molecular complexity index is 795. The molecule has 0 fully saturated rings. The highest BCUT2D eigenvalue weighted by Gasteiger charge is 2.30. The van der Waals surface area contributed by atoms with Crippen LogP contribution < -0.4 is 5.32 Å². The minimum Gasteiger partial charge on any atom is -0.462 e. The van der Waals surface area contributed by atoms with Gasteiger partial charge in [-0.05, 0) is 56.7 Å². The van der Waals surface area contributed by atoms with Crippen molar-refractivity contribution in [2.45, 2.75) is 39.8 Å². The first-order valence-corrected chi connectivity index (χ1v) is 9.06. The van der Waals surface area contributed by atoms with E-state index in [9.17, 15) is 9.59 Å². The SMILES string of the molecule is CCOC(=O)c1ccc(NC(=O)N2CCn3c(C)ccc3[C@@H]2CC)cc1. The Labute approximate surface area is 153 Å². The van der Waals surface area contributed by atoms with E-state index in [1.807, 2.05) is 4.90 Å². The number of urea groups is 1. The lowest BCUT2D eigenvalue weighted by atomic mass is 10.1. The van der Waals surface area contributed by atoms with E-state index >= 15 is 0 Å². The van der Waals surface area contributed by atoms with Crippen molar-refractivity contribution in [1.82, 2.24) is 9.47 Å². The Kier molecular flexibility index (Phi) is 5.30. The molecule has 0 spiro atoms. The van der Waals surface area contributed by atoms with Gasteiger partial charge in [0.25, 0.3) is 0 Å². The average Bonchev–Trinajstić information content (AvgIpc) is 3.03. The summed E-state index contributed by atoms with van der Waals surface area (Å²) in [4.78, 5) is 26.4. The molecule has 0 saturated heterocycles. The van der Waals surface area contributed by atoms with Gasteiger partial charge in [-0.1, -0.05) is 6.92 Å². The molecule has 26 heavy (non-hydrogen) atoms. The number of fused-ring (bicyclic) bond motifs is 1. The van der Waals surface area contributed by atoms with Crippen LogP contribution in [0.2, 0.25) is 0 Å². The van der Waals surface area contributed by atoms with Crippen LogP contribution in [0.1, 0.15) is 48.1 Å². The number of anilines is 1. The second-order valence-electron chi connectivity index (χ2n) is 6.40. The fourth-order valence-corrected chi connectivity index (χ4v) is 3.48. The van der Waals surface area contributed by atoms with Gasteiger partial charge in [0.2, 0.25) is 0 Å². The molecule has 2 aromatic rings. The first kappa shape index (κ1) is 18.0. The van der Waals surface area contributed by atoms with Crippen LogP contribution in [-0.4, -0.2) is 34.6 Å². The third-order valence-corrected chi connectivity index (χ3v) is 4.81. The van der Waals surface area contributed by atoms with E-state index in [4.69, 9.17) is 4.74 Å². The number of carbonyl (C=O) groups excluding carboxylic acids is 2. The molecule has 1 atom stereocenters. The van der Waals surface area contributed by atoms with Crippen molar-refractivity contribution in [3.63, 3.8) is 0 Å². The van der Waals surface area contributed by atoms with Crippen molar-refractivity contribution in [3.8, 4) is 0 Å². The summed E-state index contributed by atoms with van der Waals surface area (Å²) < 4.78 is 7.25. The van der Waals surface area contributed by atoms with E-state index in [2.05, 4.69) is 35.9 Å². The van der Waals surface area contributed by atoms with Crippen molar-refractivity contribution in [2.75, 3.05) is 18.5 Å². The maximum absolute atomic E-state index is 12.8. The summed E-state index contributed by atoms with van der Waals surface area (Å²) in [6, 6.07) is 10.9. The van der Waals surface area contributed by atoms with Crippen molar-refractivity contribution in [3.05, 3.63) is 53.3 Å². The number of amides is 2. The number of aryl methyl sites for hydroxylation is 1. The third kappa shape index (κ3) is 3.45. The minimum atomic E-state index is -0.358. The molecule has 0 saturated carbocycles. The fourth-order valence-electron chi connectivity index (χ4n) is 3.48. The molecule has 1 aliphatic heterocycles. The Morgan fingerprint density at radius 3 is 2.50 bits per heavy atom. The summed E-state index contributed by atoms with van der Waals surface area (Å²) in [6.07, 6.45) is 0.860. The van der Waals surface area contributed by atoms with Gasteiger partial charge in [-0.25, -0.2) is 9.59 Å². The Hall–Kier alpha value is -2.76. The fraction of sp³-hybridized carbons (Fsp3) is 0.400. The molecule has 0 unspecified atom stereocenters. The van der Waals surface area contributed by atoms with Crippen LogP contribution in [0.25, 0.3) is 0 Å². The van der Waals surface area contributed by atoms with E-state index in [0.29, 0.717) is 24.4 Å². The largest absolute Gasteiger partial charge is 0.462 e. The van der Waals surface area contributed by atoms with Crippen LogP contribution in [-0.2, 0) is 11.3 Å². The molecule has 0 aliphatic carbocycles. The predicted octanol–water partition coefficient (Wildman–Crippen LogP) is 3.97. The second kappa shape index (κ2) is 7.64. The van der Waals surface area contributed by atoms with Crippen LogP contribution in [0.4, 0.5) is 10.5 Å². The molecule has 6 heteroatoms. The summed E-state index contributed by atoms with van der Waals surface area (Å²) >= 11 is 0. The number of aromatic nitrogens is 1. The molecule has 0 bridgehead atoms. The van der Waals surface area contributed by atoms with Gasteiger partial charge < -0.3 is 19.5 Å². The second-order valence-corrected chi connectivity index (χ2v) is 6.40. The van der Waals surface area contributed by atoms with Gasteiger partial charge in [0.05, 0.1) is 18.2 Å². The predicted molar refractivity (Wildman–Crippen MR) is 100 cm³/mol. The highest BCUT2D eigenvalue weighted by molar-refractivity contribution is 5.92. The van der Waals surface area contributed by atoms with Crippen molar-refractivity contribution >= 4 is 17.7 Å². The van der Waals surface area contributed by atoms with Gasteiger partial charge in [0.1, 0.15) is 0 Å². The molecular weight excluding hydrogens is 330 g/mol. The minimum absolute atomic E-state index is 0.0660. The lowest BCUT2D eigenvalue weighted by Gasteiger charge is -2.37. The normalized spacial score (nSPS) is 16.1. The highest BCUT2D eigenvalue weighted by atomic mass is 16.5. The molecule has 1 aromatic carbocycles. The van der Waals surface area contributed by atoms with Crippen molar-refractivity contribution < 1.29 is 14.3 Å². The number of nitrogens with zero attached hydrogens (tertiary/aromatic N) is 2. The molecule has 1 aliphatic rings. The number of carbonyl (C=O) groups is 2. The molecule has 1 N–H and O–H groups in total. The molecule has 6 nitrogen and oxygen atoms in total. The third-order valence-electron chi connectivity index (χ3n) is 4.81. The van der Waals surface area contributed by atoms with E-state index in [1.165, 1.54) is 11.4 Å². The smallest absolute Gasteiger partial charge is 0.338 e. The molecule has 1 aromatic heterocycles. The quantitative estimate of drug-likeness (QED) is 0.844. The van der Waals surface area contributed by atoms with Gasteiger partial charge in [0.15, 0.2) is 0 Å². The van der Waals surface area contributed by atoms with Gasteiger partial charge in [-0.2, -0.15) is 0 Å². The number of esters is 1.